The molecule has 3 rings (SSSR count). The molecule has 1 aromatic carbocycles. The highest BCUT2D eigenvalue weighted by atomic mass is 32.2. The molecule has 0 aromatic heterocycles. The van der Waals surface area contributed by atoms with E-state index in [0.29, 0.717) is 25.8 Å². The smallest absolute Gasteiger partial charge is 0.159 e. The Morgan fingerprint density at radius 1 is 1.28 bits per heavy atom. The first-order chi connectivity index (χ1) is 12.1. The minimum Gasteiger partial charge on any atom is -0.352 e. The summed E-state index contributed by atoms with van der Waals surface area (Å²) in [6, 6.07) is 4.00. The molecule has 1 N–H and O–H groups in total. The number of halogens is 2. The number of hydrogen-bond acceptors (Lipinski definition) is 4. The molecule has 6 heteroatoms. The van der Waals surface area contributed by atoms with E-state index in [-0.39, 0.29) is 0 Å². The second-order valence-electron chi connectivity index (χ2n) is 6.15. The number of nitrogens with one attached hydrogen (secondary N) is 1. The van der Waals surface area contributed by atoms with Crippen LogP contribution >= 0.6 is 11.8 Å². The molecule has 2 aliphatic rings. The second kappa shape index (κ2) is 8.45. The average molecular weight is 361 g/mol. The van der Waals surface area contributed by atoms with Gasteiger partial charge in [-0.25, -0.2) is 13.8 Å². The number of amidine groups is 1. The van der Waals surface area contributed by atoms with Gasteiger partial charge in [0.05, 0.1) is 13.3 Å². The summed E-state index contributed by atoms with van der Waals surface area (Å²) in [7, 11) is 0. The maximum atomic E-state index is 13.3. The van der Waals surface area contributed by atoms with Crippen molar-refractivity contribution in [3.05, 3.63) is 71.4 Å². The van der Waals surface area contributed by atoms with Gasteiger partial charge in [0.15, 0.2) is 16.8 Å². The van der Waals surface area contributed by atoms with Crippen LogP contribution in [0.3, 0.4) is 0 Å². The predicted octanol–water partition coefficient (Wildman–Crippen LogP) is 4.06. The van der Waals surface area contributed by atoms with Gasteiger partial charge in [0, 0.05) is 12.3 Å². The van der Waals surface area contributed by atoms with Crippen LogP contribution in [0.5, 0.6) is 0 Å². The molecule has 1 atom stereocenters. The molecule has 0 fully saturated rings. The van der Waals surface area contributed by atoms with Crippen molar-refractivity contribution < 1.29 is 8.78 Å². The fourth-order valence-corrected chi connectivity index (χ4v) is 3.36. The molecule has 1 aliphatic carbocycles. The van der Waals surface area contributed by atoms with E-state index >= 15 is 0 Å². The van der Waals surface area contributed by atoms with Gasteiger partial charge in [0.2, 0.25) is 0 Å². The maximum absolute atomic E-state index is 13.3. The van der Waals surface area contributed by atoms with Gasteiger partial charge in [0.1, 0.15) is 0 Å². The highest BCUT2D eigenvalue weighted by Gasteiger charge is 2.14. The Bertz CT molecular complexity index is 740. The molecule has 1 aromatic rings. The van der Waals surface area contributed by atoms with Gasteiger partial charge >= 0.3 is 0 Å². The Kier molecular flexibility index (Phi) is 6.04. The third-order valence-electron chi connectivity index (χ3n) is 3.97. The molecule has 1 heterocycles. The van der Waals surface area contributed by atoms with Crippen LogP contribution in [0.2, 0.25) is 0 Å². The molecular weight excluding hydrogens is 340 g/mol. The highest BCUT2D eigenvalue weighted by molar-refractivity contribution is 8.14. The van der Waals surface area contributed by atoms with Crippen LogP contribution in [0.25, 0.3) is 0 Å². The first-order valence-electron chi connectivity index (χ1n) is 8.23. The van der Waals surface area contributed by atoms with Crippen molar-refractivity contribution in [3.63, 3.8) is 0 Å². The van der Waals surface area contributed by atoms with E-state index in [1.165, 1.54) is 11.6 Å². The van der Waals surface area contributed by atoms with E-state index in [1.807, 2.05) is 4.90 Å². The number of aliphatic imine (C=N–C) groups is 1. The van der Waals surface area contributed by atoms with Crippen molar-refractivity contribution in [1.29, 1.82) is 0 Å². The lowest BCUT2D eigenvalue weighted by atomic mass is 10.1. The molecule has 0 amide bonds. The third kappa shape index (κ3) is 5.28. The van der Waals surface area contributed by atoms with Gasteiger partial charge in [-0.15, -0.1) is 0 Å². The molecule has 25 heavy (non-hydrogen) atoms. The summed E-state index contributed by atoms with van der Waals surface area (Å²) < 4.78 is 26.2. The minimum absolute atomic E-state index is 0.466. The van der Waals surface area contributed by atoms with E-state index in [9.17, 15) is 8.78 Å². The van der Waals surface area contributed by atoms with Crippen molar-refractivity contribution >= 4 is 16.9 Å². The average Bonchev–Trinajstić information content (AvgIpc) is 2.82. The van der Waals surface area contributed by atoms with E-state index in [2.05, 4.69) is 47.6 Å². The van der Waals surface area contributed by atoms with Crippen LogP contribution in [0, 0.1) is 17.6 Å². The zero-order chi connectivity index (χ0) is 17.6. The number of thioether (sulfide) groups is 1. The monoisotopic (exact) mass is 361 g/mol. The number of nitrogens with zero attached hydrogens (tertiary/aromatic N) is 2. The van der Waals surface area contributed by atoms with Crippen molar-refractivity contribution in [1.82, 2.24) is 10.2 Å². The molecule has 0 radical (unpaired) electrons. The van der Waals surface area contributed by atoms with Gasteiger partial charge in [-0.1, -0.05) is 55.1 Å². The van der Waals surface area contributed by atoms with Crippen LogP contribution in [-0.4, -0.2) is 29.2 Å². The number of benzene rings is 1. The molecular formula is C19H21F2N3S. The van der Waals surface area contributed by atoms with Crippen LogP contribution in [0.4, 0.5) is 8.78 Å². The summed E-state index contributed by atoms with van der Waals surface area (Å²) in [5.41, 5.74) is 2.00. The maximum Gasteiger partial charge on any atom is 0.159 e. The van der Waals surface area contributed by atoms with E-state index in [1.54, 1.807) is 17.8 Å². The number of rotatable bonds is 4. The summed E-state index contributed by atoms with van der Waals surface area (Å²) in [6.07, 6.45) is 10.7. The van der Waals surface area contributed by atoms with Crippen molar-refractivity contribution in [2.24, 2.45) is 10.9 Å². The molecule has 0 bridgehead atoms. The summed E-state index contributed by atoms with van der Waals surface area (Å²) >= 11 is 1.68. The summed E-state index contributed by atoms with van der Waals surface area (Å²) in [5, 5.41) is 4.20. The predicted molar refractivity (Wildman–Crippen MR) is 100 cm³/mol. The fraction of sp³-hybridized carbons (Fsp3) is 0.316. The SMILES string of the molecule is CC1C=CC=C(CSC2=NCN(Cc3ccc(F)c(F)c3)CN2)C=C1. The lowest BCUT2D eigenvalue weighted by molar-refractivity contribution is 0.258. The first-order valence-corrected chi connectivity index (χ1v) is 9.21. The lowest BCUT2D eigenvalue weighted by Gasteiger charge is -2.26. The zero-order valence-electron chi connectivity index (χ0n) is 14.1. The van der Waals surface area contributed by atoms with Gasteiger partial charge in [0.25, 0.3) is 0 Å². The van der Waals surface area contributed by atoms with Crippen molar-refractivity contribution in [2.45, 2.75) is 13.5 Å². The topological polar surface area (TPSA) is 27.6 Å². The minimum atomic E-state index is -0.816. The highest BCUT2D eigenvalue weighted by Crippen LogP contribution is 2.17. The Morgan fingerprint density at radius 3 is 2.92 bits per heavy atom. The van der Waals surface area contributed by atoms with Gasteiger partial charge in [-0.2, -0.15) is 0 Å². The number of hydrogen-bond donors (Lipinski definition) is 1. The first kappa shape index (κ1) is 17.9. The standard InChI is InChI=1S/C19H21F2N3S/c1-14-3-2-4-15(6-5-14)11-25-19-22-12-24(13-23-19)10-16-7-8-17(20)18(21)9-16/h2-9,14H,10-13H2,1H3,(H,22,23). The zero-order valence-corrected chi connectivity index (χ0v) is 14.9. The van der Waals surface area contributed by atoms with Gasteiger partial charge < -0.3 is 5.32 Å². The molecule has 0 saturated carbocycles. The van der Waals surface area contributed by atoms with Gasteiger partial charge in [-0.05, 0) is 29.2 Å². The second-order valence-corrected chi connectivity index (χ2v) is 7.11. The van der Waals surface area contributed by atoms with Crippen LogP contribution in [-0.2, 0) is 6.54 Å². The molecule has 0 spiro atoms. The molecule has 3 nitrogen and oxygen atoms in total. The summed E-state index contributed by atoms with van der Waals surface area (Å²) in [5.74, 6) is -0.296. The van der Waals surface area contributed by atoms with E-state index in [4.69, 9.17) is 0 Å². The number of allylic oxidation sites excluding steroid dienone is 5. The van der Waals surface area contributed by atoms with Crippen LogP contribution < -0.4 is 5.32 Å². The van der Waals surface area contributed by atoms with E-state index < -0.39 is 11.6 Å². The summed E-state index contributed by atoms with van der Waals surface area (Å²) in [6.45, 7) is 3.87. The molecule has 132 valence electrons. The molecule has 1 unspecified atom stereocenters. The normalized spacial score (nSPS) is 20.7. The summed E-state index contributed by atoms with van der Waals surface area (Å²) in [4.78, 5) is 6.56. The van der Waals surface area contributed by atoms with Crippen molar-refractivity contribution in [3.8, 4) is 0 Å². The van der Waals surface area contributed by atoms with E-state index in [0.717, 1.165) is 22.6 Å². The molecule has 1 aliphatic heterocycles. The van der Waals surface area contributed by atoms with Crippen molar-refractivity contribution in [2.75, 3.05) is 19.1 Å². The van der Waals surface area contributed by atoms with Crippen LogP contribution in [0.15, 0.2) is 59.1 Å². The Morgan fingerprint density at radius 2 is 2.16 bits per heavy atom. The fourth-order valence-electron chi connectivity index (χ4n) is 2.55. The Hall–Kier alpha value is -1.92. The third-order valence-corrected chi connectivity index (χ3v) is 5.00. The lowest BCUT2D eigenvalue weighted by Crippen LogP contribution is -2.41. The van der Waals surface area contributed by atoms with Crippen LogP contribution in [0.1, 0.15) is 12.5 Å². The largest absolute Gasteiger partial charge is 0.352 e. The van der Waals surface area contributed by atoms with Gasteiger partial charge in [-0.3, -0.25) is 4.90 Å². The Labute approximate surface area is 151 Å². The Balaban J connectivity index is 1.49. The molecule has 0 saturated heterocycles. The quantitative estimate of drug-likeness (QED) is 0.876.